The van der Waals surface area contributed by atoms with Gasteiger partial charge >= 0.3 is 0 Å². The molecule has 1 aromatic carbocycles. The SMILES string of the molecule is CCCOc1ccc(/C=C(\C#N)C(=O)Nc2nc(C)c(C(C)=O)s2)cc1. The van der Waals surface area contributed by atoms with Gasteiger partial charge in [0, 0.05) is 6.92 Å². The summed E-state index contributed by atoms with van der Waals surface area (Å²) in [5.74, 6) is 0.0616. The number of nitriles is 1. The fourth-order valence-electron chi connectivity index (χ4n) is 2.14. The zero-order chi connectivity index (χ0) is 19.1. The molecular formula is C19H19N3O3S. The van der Waals surface area contributed by atoms with Crippen molar-refractivity contribution in [1.82, 2.24) is 4.98 Å². The molecule has 1 aromatic heterocycles. The van der Waals surface area contributed by atoms with E-state index < -0.39 is 5.91 Å². The highest BCUT2D eigenvalue weighted by molar-refractivity contribution is 7.17. The number of ketones is 1. The van der Waals surface area contributed by atoms with Crippen LogP contribution in [0.5, 0.6) is 5.75 Å². The topological polar surface area (TPSA) is 92.1 Å². The summed E-state index contributed by atoms with van der Waals surface area (Å²) in [4.78, 5) is 28.4. The molecule has 26 heavy (non-hydrogen) atoms. The standard InChI is InChI=1S/C19H19N3O3S/c1-4-9-25-16-7-5-14(6-8-16)10-15(11-20)18(24)22-19-21-12(2)17(26-19)13(3)23/h5-8,10H,4,9H2,1-3H3,(H,21,22,24)/b15-10+. The summed E-state index contributed by atoms with van der Waals surface area (Å²) in [6.07, 6.45) is 2.41. The van der Waals surface area contributed by atoms with E-state index in [1.807, 2.05) is 13.0 Å². The molecule has 0 aliphatic rings. The van der Waals surface area contributed by atoms with Crippen molar-refractivity contribution < 1.29 is 14.3 Å². The normalized spacial score (nSPS) is 10.9. The molecule has 1 N–H and O–H groups in total. The third kappa shape index (κ3) is 5.01. The van der Waals surface area contributed by atoms with Crippen molar-refractivity contribution in [3.05, 3.63) is 46.0 Å². The maximum atomic E-state index is 12.3. The van der Waals surface area contributed by atoms with Gasteiger partial charge in [0.25, 0.3) is 5.91 Å². The third-order valence-corrected chi connectivity index (χ3v) is 4.54. The van der Waals surface area contributed by atoms with E-state index in [1.54, 1.807) is 31.2 Å². The summed E-state index contributed by atoms with van der Waals surface area (Å²) in [6.45, 7) is 5.81. The molecule has 0 spiro atoms. The number of amides is 1. The maximum Gasteiger partial charge on any atom is 0.268 e. The summed E-state index contributed by atoms with van der Waals surface area (Å²) >= 11 is 1.09. The summed E-state index contributed by atoms with van der Waals surface area (Å²) in [7, 11) is 0. The molecule has 0 saturated heterocycles. The van der Waals surface area contributed by atoms with Gasteiger partial charge in [-0.05, 0) is 37.1 Å². The van der Waals surface area contributed by atoms with Crippen LogP contribution in [0.3, 0.4) is 0 Å². The van der Waals surface area contributed by atoms with Crippen molar-refractivity contribution in [3.63, 3.8) is 0 Å². The van der Waals surface area contributed by atoms with Gasteiger partial charge in [0.15, 0.2) is 10.9 Å². The number of nitrogens with one attached hydrogen (secondary N) is 1. The number of rotatable bonds is 7. The van der Waals surface area contributed by atoms with Gasteiger partial charge in [-0.2, -0.15) is 5.26 Å². The van der Waals surface area contributed by atoms with E-state index in [4.69, 9.17) is 4.74 Å². The Bertz CT molecular complexity index is 876. The Labute approximate surface area is 156 Å². The summed E-state index contributed by atoms with van der Waals surface area (Å²) in [5, 5.41) is 12.1. The van der Waals surface area contributed by atoms with Crippen LogP contribution < -0.4 is 10.1 Å². The van der Waals surface area contributed by atoms with E-state index in [9.17, 15) is 14.9 Å². The van der Waals surface area contributed by atoms with Crippen LogP contribution in [-0.2, 0) is 4.79 Å². The quantitative estimate of drug-likeness (QED) is 0.453. The lowest BCUT2D eigenvalue weighted by Gasteiger charge is -2.04. The number of nitrogens with zero attached hydrogens (tertiary/aromatic N) is 2. The molecule has 0 fully saturated rings. The number of hydrogen-bond donors (Lipinski definition) is 1. The number of carbonyl (C=O) groups excluding carboxylic acids is 2. The second kappa shape index (κ2) is 8.92. The third-order valence-electron chi connectivity index (χ3n) is 3.37. The number of aromatic nitrogens is 1. The lowest BCUT2D eigenvalue weighted by Crippen LogP contribution is -2.13. The second-order valence-electron chi connectivity index (χ2n) is 5.53. The Morgan fingerprint density at radius 2 is 2.04 bits per heavy atom. The predicted molar refractivity (Wildman–Crippen MR) is 101 cm³/mol. The molecule has 0 radical (unpaired) electrons. The fourth-order valence-corrected chi connectivity index (χ4v) is 2.99. The van der Waals surface area contributed by atoms with Gasteiger partial charge in [-0.1, -0.05) is 30.4 Å². The van der Waals surface area contributed by atoms with Crippen molar-refractivity contribution >= 4 is 34.2 Å². The number of hydrogen-bond acceptors (Lipinski definition) is 6. The van der Waals surface area contributed by atoms with E-state index >= 15 is 0 Å². The second-order valence-corrected chi connectivity index (χ2v) is 6.53. The Morgan fingerprint density at radius 1 is 1.35 bits per heavy atom. The van der Waals surface area contributed by atoms with Crippen LogP contribution in [0.4, 0.5) is 5.13 Å². The molecule has 1 heterocycles. The Hall–Kier alpha value is -2.98. The van der Waals surface area contributed by atoms with Gasteiger partial charge < -0.3 is 4.74 Å². The van der Waals surface area contributed by atoms with E-state index in [2.05, 4.69) is 10.3 Å². The van der Waals surface area contributed by atoms with Gasteiger partial charge in [0.1, 0.15) is 17.4 Å². The van der Waals surface area contributed by atoms with Crippen molar-refractivity contribution in [3.8, 4) is 11.8 Å². The summed E-state index contributed by atoms with van der Waals surface area (Å²) in [6, 6.07) is 9.02. The number of anilines is 1. The largest absolute Gasteiger partial charge is 0.494 e. The van der Waals surface area contributed by atoms with Crippen LogP contribution in [0.25, 0.3) is 6.08 Å². The molecule has 2 rings (SSSR count). The molecule has 6 nitrogen and oxygen atoms in total. The van der Waals surface area contributed by atoms with Crippen LogP contribution in [-0.4, -0.2) is 23.3 Å². The van der Waals surface area contributed by atoms with Gasteiger partial charge in [-0.15, -0.1) is 0 Å². The van der Waals surface area contributed by atoms with Crippen LogP contribution in [0.2, 0.25) is 0 Å². The molecule has 0 bridgehead atoms. The molecular weight excluding hydrogens is 350 g/mol. The van der Waals surface area contributed by atoms with Crippen LogP contribution in [0.1, 0.15) is 41.2 Å². The molecule has 2 aromatic rings. The number of benzene rings is 1. The number of aryl methyl sites for hydroxylation is 1. The van der Waals surface area contributed by atoms with E-state index in [-0.39, 0.29) is 11.4 Å². The highest BCUT2D eigenvalue weighted by Crippen LogP contribution is 2.23. The van der Waals surface area contributed by atoms with Gasteiger partial charge in [-0.3, -0.25) is 14.9 Å². The first-order valence-corrected chi connectivity index (χ1v) is 8.90. The minimum absolute atomic E-state index is 0.0514. The van der Waals surface area contributed by atoms with Crippen LogP contribution in [0.15, 0.2) is 29.8 Å². The number of thiazole rings is 1. The monoisotopic (exact) mass is 369 g/mol. The molecule has 0 unspecified atom stereocenters. The molecule has 0 aliphatic heterocycles. The highest BCUT2D eigenvalue weighted by atomic mass is 32.1. The van der Waals surface area contributed by atoms with E-state index in [1.165, 1.54) is 13.0 Å². The predicted octanol–water partition coefficient (Wildman–Crippen LogP) is 3.99. The lowest BCUT2D eigenvalue weighted by atomic mass is 10.1. The van der Waals surface area contributed by atoms with Gasteiger partial charge in [-0.25, -0.2) is 4.98 Å². The number of carbonyl (C=O) groups is 2. The zero-order valence-corrected chi connectivity index (χ0v) is 15.6. The summed E-state index contributed by atoms with van der Waals surface area (Å²) < 4.78 is 5.50. The Balaban J connectivity index is 2.13. The Morgan fingerprint density at radius 3 is 2.58 bits per heavy atom. The molecule has 0 aliphatic carbocycles. The van der Waals surface area contributed by atoms with Crippen LogP contribution in [0, 0.1) is 18.3 Å². The smallest absolute Gasteiger partial charge is 0.268 e. The molecule has 0 saturated carbocycles. The van der Waals surface area contributed by atoms with Crippen molar-refractivity contribution in [2.24, 2.45) is 0 Å². The maximum absolute atomic E-state index is 12.3. The molecule has 7 heteroatoms. The highest BCUT2D eigenvalue weighted by Gasteiger charge is 2.15. The van der Waals surface area contributed by atoms with E-state index in [0.717, 1.165) is 23.5 Å². The zero-order valence-electron chi connectivity index (χ0n) is 14.8. The fraction of sp³-hybridized carbons (Fsp3) is 0.263. The lowest BCUT2D eigenvalue weighted by molar-refractivity contribution is -0.112. The van der Waals surface area contributed by atoms with Crippen LogP contribution >= 0.6 is 11.3 Å². The number of Topliss-reactive ketones (excluding diaryl/α,β-unsaturated/α-hetero) is 1. The van der Waals surface area contributed by atoms with Gasteiger partial charge in [0.2, 0.25) is 0 Å². The first-order chi connectivity index (χ1) is 12.4. The number of ether oxygens (including phenoxy) is 1. The first kappa shape index (κ1) is 19.3. The average Bonchev–Trinajstić information content (AvgIpc) is 2.99. The van der Waals surface area contributed by atoms with Crippen molar-refractivity contribution in [2.45, 2.75) is 27.2 Å². The van der Waals surface area contributed by atoms with Gasteiger partial charge in [0.05, 0.1) is 17.2 Å². The van der Waals surface area contributed by atoms with Crippen molar-refractivity contribution in [2.75, 3.05) is 11.9 Å². The molecule has 0 atom stereocenters. The average molecular weight is 369 g/mol. The minimum Gasteiger partial charge on any atom is -0.494 e. The summed E-state index contributed by atoms with van der Waals surface area (Å²) in [5.41, 5.74) is 1.22. The van der Waals surface area contributed by atoms with E-state index in [0.29, 0.717) is 27.9 Å². The molecule has 1 amide bonds. The van der Waals surface area contributed by atoms with Crippen molar-refractivity contribution in [1.29, 1.82) is 5.26 Å². The Kier molecular flexibility index (Phi) is 6.64. The molecule has 134 valence electrons. The minimum atomic E-state index is -0.567. The first-order valence-electron chi connectivity index (χ1n) is 8.09.